The summed E-state index contributed by atoms with van der Waals surface area (Å²) < 4.78 is 19.4. The third-order valence-electron chi connectivity index (χ3n) is 3.38. The Balaban J connectivity index is 2.78. The number of carbonyl (C=O) groups excluding carboxylic acids is 1. The van der Waals surface area contributed by atoms with Gasteiger partial charge in [-0.3, -0.25) is 10.1 Å². The van der Waals surface area contributed by atoms with Gasteiger partial charge in [0.1, 0.15) is 5.69 Å². The SMILES string of the molecule is COC(=O)c1cc([N+](=O)[O-])c(N)c(F)c1N(CN)c1ccccc1. The zero-order valence-corrected chi connectivity index (χ0v) is 12.7. The van der Waals surface area contributed by atoms with E-state index in [4.69, 9.17) is 11.5 Å². The molecule has 0 saturated carbocycles. The van der Waals surface area contributed by atoms with Gasteiger partial charge in [-0.1, -0.05) is 18.2 Å². The molecular weight excluding hydrogens is 319 g/mol. The third kappa shape index (κ3) is 2.97. The lowest BCUT2D eigenvalue weighted by Gasteiger charge is -2.25. The number of nitro benzene ring substituents is 1. The van der Waals surface area contributed by atoms with Crippen molar-refractivity contribution in [2.45, 2.75) is 0 Å². The van der Waals surface area contributed by atoms with Crippen LogP contribution in [0.15, 0.2) is 36.4 Å². The van der Waals surface area contributed by atoms with Gasteiger partial charge in [0, 0.05) is 11.8 Å². The number of para-hydroxylation sites is 1. The second kappa shape index (κ2) is 6.92. The fourth-order valence-corrected chi connectivity index (χ4v) is 2.26. The van der Waals surface area contributed by atoms with E-state index in [2.05, 4.69) is 4.74 Å². The van der Waals surface area contributed by atoms with Crippen molar-refractivity contribution in [1.82, 2.24) is 0 Å². The van der Waals surface area contributed by atoms with E-state index in [-0.39, 0.29) is 17.9 Å². The molecule has 24 heavy (non-hydrogen) atoms. The molecule has 0 aromatic heterocycles. The number of nitrogens with zero attached hydrogens (tertiary/aromatic N) is 2. The number of ether oxygens (including phenoxy) is 1. The molecule has 0 radical (unpaired) electrons. The highest BCUT2D eigenvalue weighted by atomic mass is 19.1. The zero-order valence-electron chi connectivity index (χ0n) is 12.7. The fraction of sp³-hybridized carbons (Fsp3) is 0.133. The number of hydrogen-bond donors (Lipinski definition) is 2. The first kappa shape index (κ1) is 17.2. The van der Waals surface area contributed by atoms with Crippen LogP contribution in [0, 0.1) is 15.9 Å². The van der Waals surface area contributed by atoms with Crippen molar-refractivity contribution < 1.29 is 18.8 Å². The van der Waals surface area contributed by atoms with Crippen LogP contribution in [0.4, 0.5) is 27.1 Å². The van der Waals surface area contributed by atoms with E-state index in [9.17, 15) is 19.3 Å². The summed E-state index contributed by atoms with van der Waals surface area (Å²) in [6.45, 7) is -0.192. The molecule has 0 bridgehead atoms. The summed E-state index contributed by atoms with van der Waals surface area (Å²) in [5.74, 6) is -2.06. The largest absolute Gasteiger partial charge is 0.465 e. The molecule has 126 valence electrons. The highest BCUT2D eigenvalue weighted by Gasteiger charge is 2.30. The summed E-state index contributed by atoms with van der Waals surface area (Å²) in [6.07, 6.45) is 0. The second-order valence-corrected chi connectivity index (χ2v) is 4.71. The average Bonchev–Trinajstić information content (AvgIpc) is 2.59. The third-order valence-corrected chi connectivity index (χ3v) is 3.38. The topological polar surface area (TPSA) is 125 Å². The van der Waals surface area contributed by atoms with Crippen LogP contribution >= 0.6 is 0 Å². The smallest absolute Gasteiger partial charge is 0.340 e. The summed E-state index contributed by atoms with van der Waals surface area (Å²) in [4.78, 5) is 23.4. The van der Waals surface area contributed by atoms with Gasteiger partial charge in [0.05, 0.1) is 30.0 Å². The van der Waals surface area contributed by atoms with Gasteiger partial charge in [0.15, 0.2) is 5.82 Å². The van der Waals surface area contributed by atoms with Crippen LogP contribution in [-0.2, 0) is 4.74 Å². The van der Waals surface area contributed by atoms with E-state index in [1.165, 1.54) is 4.90 Å². The van der Waals surface area contributed by atoms with Gasteiger partial charge in [-0.05, 0) is 12.1 Å². The van der Waals surface area contributed by atoms with Crippen LogP contribution in [0.2, 0.25) is 0 Å². The van der Waals surface area contributed by atoms with Gasteiger partial charge >= 0.3 is 5.97 Å². The molecule has 0 atom stereocenters. The zero-order chi connectivity index (χ0) is 17.9. The number of hydrogen-bond acceptors (Lipinski definition) is 7. The predicted octanol–water partition coefficient (Wildman–Crippen LogP) is 2.16. The van der Waals surface area contributed by atoms with Crippen molar-refractivity contribution in [3.63, 3.8) is 0 Å². The summed E-state index contributed by atoms with van der Waals surface area (Å²) in [7, 11) is 1.08. The van der Waals surface area contributed by atoms with Crippen LogP contribution in [-0.4, -0.2) is 24.7 Å². The highest BCUT2D eigenvalue weighted by Crippen LogP contribution is 2.38. The van der Waals surface area contributed by atoms with Crippen molar-refractivity contribution in [2.75, 3.05) is 24.4 Å². The highest BCUT2D eigenvalue weighted by molar-refractivity contribution is 5.99. The Morgan fingerprint density at radius 1 is 1.38 bits per heavy atom. The lowest BCUT2D eigenvalue weighted by atomic mass is 10.1. The average molecular weight is 334 g/mol. The predicted molar refractivity (Wildman–Crippen MR) is 86.4 cm³/mol. The van der Waals surface area contributed by atoms with E-state index < -0.39 is 28.1 Å². The first-order valence-electron chi connectivity index (χ1n) is 6.79. The van der Waals surface area contributed by atoms with Crippen molar-refractivity contribution in [2.24, 2.45) is 5.73 Å². The molecular formula is C15H15FN4O4. The Labute approximate surface area is 136 Å². The Bertz CT molecular complexity index is 783. The number of methoxy groups -OCH3 is 1. The number of nitrogens with two attached hydrogens (primary N) is 2. The second-order valence-electron chi connectivity index (χ2n) is 4.71. The molecule has 0 fully saturated rings. The Morgan fingerprint density at radius 2 is 2.00 bits per heavy atom. The quantitative estimate of drug-likeness (QED) is 0.282. The molecule has 9 heteroatoms. The van der Waals surface area contributed by atoms with Crippen LogP contribution in [0.25, 0.3) is 0 Å². The van der Waals surface area contributed by atoms with Gasteiger partial charge < -0.3 is 21.1 Å². The monoisotopic (exact) mass is 334 g/mol. The van der Waals surface area contributed by atoms with Crippen molar-refractivity contribution >= 4 is 28.7 Å². The number of halogens is 1. The summed E-state index contributed by atoms with van der Waals surface area (Å²) in [5, 5.41) is 11.0. The minimum absolute atomic E-state index is 0.192. The van der Waals surface area contributed by atoms with E-state index in [0.717, 1.165) is 13.2 Å². The fourth-order valence-electron chi connectivity index (χ4n) is 2.26. The van der Waals surface area contributed by atoms with E-state index in [1.807, 2.05) is 0 Å². The van der Waals surface area contributed by atoms with Crippen molar-refractivity contribution in [3.8, 4) is 0 Å². The first-order chi connectivity index (χ1) is 11.4. The van der Waals surface area contributed by atoms with Crippen LogP contribution in [0.3, 0.4) is 0 Å². The van der Waals surface area contributed by atoms with Crippen molar-refractivity contribution in [3.05, 3.63) is 57.9 Å². The molecule has 0 aliphatic heterocycles. The Kier molecular flexibility index (Phi) is 4.95. The summed E-state index contributed by atoms with van der Waals surface area (Å²) in [6, 6.07) is 9.31. The number of rotatable bonds is 5. The lowest BCUT2D eigenvalue weighted by Crippen LogP contribution is -2.28. The Morgan fingerprint density at radius 3 is 2.50 bits per heavy atom. The molecule has 0 unspecified atom stereocenters. The van der Waals surface area contributed by atoms with Crippen LogP contribution in [0.1, 0.15) is 10.4 Å². The maximum absolute atomic E-state index is 14.8. The number of nitrogen functional groups attached to an aromatic ring is 1. The van der Waals surface area contributed by atoms with Crippen molar-refractivity contribution in [1.29, 1.82) is 0 Å². The van der Waals surface area contributed by atoms with Gasteiger partial charge in [-0.15, -0.1) is 0 Å². The first-order valence-corrected chi connectivity index (χ1v) is 6.79. The van der Waals surface area contributed by atoms with Gasteiger partial charge in [-0.2, -0.15) is 0 Å². The number of anilines is 3. The molecule has 0 spiro atoms. The number of esters is 1. The molecule has 0 amide bonds. The number of nitro groups is 1. The molecule has 0 saturated heterocycles. The standard InChI is InChI=1S/C15H15FN4O4/c1-24-15(21)10-7-11(20(22)23)13(18)12(16)14(10)19(8-17)9-5-3-2-4-6-9/h2-7H,8,17-18H2,1H3. The molecule has 4 N–H and O–H groups in total. The van der Waals surface area contributed by atoms with Crippen LogP contribution < -0.4 is 16.4 Å². The summed E-state index contributed by atoms with van der Waals surface area (Å²) >= 11 is 0. The molecule has 8 nitrogen and oxygen atoms in total. The summed E-state index contributed by atoms with van der Waals surface area (Å²) in [5.41, 5.74) is 9.68. The molecule has 2 aromatic rings. The normalized spacial score (nSPS) is 10.3. The lowest BCUT2D eigenvalue weighted by molar-refractivity contribution is -0.384. The Hall–Kier alpha value is -3.20. The number of benzene rings is 2. The van der Waals surface area contributed by atoms with E-state index in [0.29, 0.717) is 5.69 Å². The van der Waals surface area contributed by atoms with Crippen LogP contribution in [0.5, 0.6) is 0 Å². The minimum Gasteiger partial charge on any atom is -0.465 e. The molecule has 0 aliphatic rings. The molecule has 2 aromatic carbocycles. The van der Waals surface area contributed by atoms with Gasteiger partial charge in [0.25, 0.3) is 5.69 Å². The molecule has 0 heterocycles. The molecule has 2 rings (SSSR count). The van der Waals surface area contributed by atoms with E-state index in [1.54, 1.807) is 30.3 Å². The maximum atomic E-state index is 14.8. The maximum Gasteiger partial charge on any atom is 0.340 e. The van der Waals surface area contributed by atoms with Gasteiger partial charge in [-0.25, -0.2) is 9.18 Å². The number of carbonyl (C=O) groups is 1. The molecule has 0 aliphatic carbocycles. The minimum atomic E-state index is -1.11. The van der Waals surface area contributed by atoms with E-state index >= 15 is 0 Å². The van der Waals surface area contributed by atoms with Gasteiger partial charge in [0.2, 0.25) is 0 Å².